The first-order valence-corrected chi connectivity index (χ1v) is 8.75. The molecule has 1 amide bonds. The molecule has 3 heterocycles. The second kappa shape index (κ2) is 5.12. The third-order valence-electron chi connectivity index (χ3n) is 4.56. The van der Waals surface area contributed by atoms with E-state index in [2.05, 4.69) is 4.98 Å². The molecule has 2 N–H and O–H groups in total. The van der Waals surface area contributed by atoms with Crippen molar-refractivity contribution in [2.45, 2.75) is 30.0 Å². The number of carbonyl (C=O) groups excluding carboxylic acids is 1. The van der Waals surface area contributed by atoms with Gasteiger partial charge in [0, 0.05) is 6.20 Å². The van der Waals surface area contributed by atoms with Crippen LogP contribution in [0.4, 0.5) is 0 Å². The monoisotopic (exact) mass is 366 g/mol. The highest BCUT2D eigenvalue weighted by molar-refractivity contribution is 7.94. The van der Waals surface area contributed by atoms with Gasteiger partial charge in [-0.15, -0.1) is 0 Å². The summed E-state index contributed by atoms with van der Waals surface area (Å²) in [5, 5.41) is 17.1. The van der Waals surface area contributed by atoms with E-state index in [1.54, 1.807) is 0 Å². The lowest BCUT2D eigenvalue weighted by Gasteiger charge is -2.37. The quantitative estimate of drug-likeness (QED) is 0.562. The van der Waals surface area contributed by atoms with E-state index in [4.69, 9.17) is 5.11 Å². The molecule has 10 heteroatoms. The van der Waals surface area contributed by atoms with Gasteiger partial charge in [0.1, 0.15) is 4.75 Å². The summed E-state index contributed by atoms with van der Waals surface area (Å²) in [6.07, 6.45) is 2.41. The zero-order valence-corrected chi connectivity index (χ0v) is 14.0. The van der Waals surface area contributed by atoms with Crippen LogP contribution in [0.2, 0.25) is 0 Å². The average molecular weight is 366 g/mol. The number of hydrogen-bond acceptors (Lipinski definition) is 6. The minimum atomic E-state index is -4.01. The van der Waals surface area contributed by atoms with E-state index in [1.165, 1.54) is 32.2 Å². The Labute approximate surface area is 142 Å². The van der Waals surface area contributed by atoms with E-state index >= 15 is 0 Å². The number of fused-ring (bicyclic) bond motifs is 1. The maximum atomic E-state index is 12.7. The molecule has 2 aliphatic rings. The van der Waals surface area contributed by atoms with Gasteiger partial charge in [0.05, 0.1) is 16.8 Å². The molecule has 1 aromatic heterocycles. The van der Waals surface area contributed by atoms with Crippen molar-refractivity contribution in [3.8, 4) is 0 Å². The fourth-order valence-electron chi connectivity index (χ4n) is 3.20. The van der Waals surface area contributed by atoms with Gasteiger partial charge in [-0.05, 0) is 32.1 Å². The van der Waals surface area contributed by atoms with Crippen molar-refractivity contribution >= 4 is 33.8 Å². The van der Waals surface area contributed by atoms with Gasteiger partial charge in [0.2, 0.25) is 0 Å². The van der Waals surface area contributed by atoms with E-state index in [0.717, 1.165) is 11.0 Å². The SMILES string of the molecule is CC1(C)[C@H](C(=O)O)N2C(=O)/C(=C/c3ncccc3C(=O)O)C2S1(=O)=O. The lowest BCUT2D eigenvalue weighted by atomic mass is 9.95. The largest absolute Gasteiger partial charge is 0.480 e. The lowest BCUT2D eigenvalue weighted by Crippen LogP contribution is -2.58. The Bertz CT molecular complexity index is 948. The smallest absolute Gasteiger partial charge is 0.337 e. The highest BCUT2D eigenvalue weighted by Gasteiger charge is 2.70. The molecule has 132 valence electrons. The highest BCUT2D eigenvalue weighted by atomic mass is 32.2. The fourth-order valence-corrected chi connectivity index (χ4v) is 5.32. The topological polar surface area (TPSA) is 142 Å². The van der Waals surface area contributed by atoms with E-state index in [1.807, 2.05) is 0 Å². The van der Waals surface area contributed by atoms with Gasteiger partial charge in [0.25, 0.3) is 5.91 Å². The van der Waals surface area contributed by atoms with E-state index in [0.29, 0.717) is 0 Å². The summed E-state index contributed by atoms with van der Waals surface area (Å²) < 4.78 is 23.8. The van der Waals surface area contributed by atoms with Crippen LogP contribution in [0.1, 0.15) is 29.9 Å². The van der Waals surface area contributed by atoms with Crippen LogP contribution < -0.4 is 0 Å². The number of sulfone groups is 1. The molecule has 1 aromatic rings. The number of carboxylic acids is 2. The Balaban J connectivity index is 2.14. The summed E-state index contributed by atoms with van der Waals surface area (Å²) in [5.41, 5.74) is -0.437. The number of amides is 1. The number of aromatic nitrogens is 1. The Morgan fingerprint density at radius 3 is 2.52 bits per heavy atom. The fraction of sp³-hybridized carbons (Fsp3) is 0.333. The average Bonchev–Trinajstić information content (AvgIpc) is 2.66. The molecule has 0 spiro atoms. The van der Waals surface area contributed by atoms with Crippen LogP contribution in [0.5, 0.6) is 0 Å². The minimum absolute atomic E-state index is 0.0650. The van der Waals surface area contributed by atoms with Crippen molar-refractivity contribution in [1.82, 2.24) is 9.88 Å². The Hall–Kier alpha value is -2.75. The standard InChI is InChI=1S/C15H14N2O7S/c1-15(2)10(14(21)22)17-11(18)8(12(17)25(15,23)24)6-9-7(13(19)20)4-3-5-16-9/h3-6,10,12H,1-2H3,(H,19,20)(H,21,22)/b8-6-/t10-,12?/m0/s1. The highest BCUT2D eigenvalue weighted by Crippen LogP contribution is 2.48. The molecule has 25 heavy (non-hydrogen) atoms. The zero-order chi connectivity index (χ0) is 18.7. The number of nitrogens with zero attached hydrogens (tertiary/aromatic N) is 2. The molecule has 0 aliphatic carbocycles. The number of carbonyl (C=O) groups is 3. The molecule has 2 aliphatic heterocycles. The predicted octanol–water partition coefficient (Wildman–Crippen LogP) is -0.00830. The van der Waals surface area contributed by atoms with E-state index in [-0.39, 0.29) is 16.8 Å². The van der Waals surface area contributed by atoms with Gasteiger partial charge in [-0.1, -0.05) is 0 Å². The van der Waals surface area contributed by atoms with Crippen LogP contribution in [-0.4, -0.2) is 62.5 Å². The Morgan fingerprint density at radius 2 is 1.96 bits per heavy atom. The molecule has 0 aromatic carbocycles. The Kier molecular flexibility index (Phi) is 3.50. The number of aliphatic carboxylic acids is 1. The van der Waals surface area contributed by atoms with Gasteiger partial charge in [-0.3, -0.25) is 9.78 Å². The van der Waals surface area contributed by atoms with Crippen LogP contribution in [0, 0.1) is 0 Å². The summed E-state index contributed by atoms with van der Waals surface area (Å²) in [6, 6.07) is 1.17. The molecule has 0 saturated carbocycles. The molecule has 2 saturated heterocycles. The maximum absolute atomic E-state index is 12.7. The number of carboxylic acid groups (broad SMARTS) is 2. The minimum Gasteiger partial charge on any atom is -0.480 e. The lowest BCUT2D eigenvalue weighted by molar-refractivity contribution is -0.152. The molecule has 1 unspecified atom stereocenters. The van der Waals surface area contributed by atoms with Crippen molar-refractivity contribution in [2.75, 3.05) is 0 Å². The zero-order valence-electron chi connectivity index (χ0n) is 13.2. The van der Waals surface area contributed by atoms with Crippen molar-refractivity contribution in [3.63, 3.8) is 0 Å². The predicted molar refractivity (Wildman–Crippen MR) is 84.2 cm³/mol. The van der Waals surface area contributed by atoms with Gasteiger partial charge in [-0.2, -0.15) is 0 Å². The number of hydrogen-bond donors (Lipinski definition) is 2. The van der Waals surface area contributed by atoms with Crippen molar-refractivity contribution < 1.29 is 33.0 Å². The number of pyridine rings is 1. The van der Waals surface area contributed by atoms with Crippen LogP contribution >= 0.6 is 0 Å². The van der Waals surface area contributed by atoms with Crippen molar-refractivity contribution in [3.05, 3.63) is 35.2 Å². The molecule has 0 radical (unpaired) electrons. The van der Waals surface area contributed by atoms with Gasteiger partial charge in [0.15, 0.2) is 21.3 Å². The number of aromatic carboxylic acids is 1. The van der Waals surface area contributed by atoms with Crippen molar-refractivity contribution in [1.29, 1.82) is 0 Å². The first-order valence-electron chi connectivity index (χ1n) is 7.20. The van der Waals surface area contributed by atoms with Crippen LogP contribution in [0.25, 0.3) is 6.08 Å². The Morgan fingerprint density at radius 1 is 1.32 bits per heavy atom. The van der Waals surface area contributed by atoms with Crippen molar-refractivity contribution in [2.24, 2.45) is 0 Å². The molecular weight excluding hydrogens is 352 g/mol. The summed E-state index contributed by atoms with van der Waals surface area (Å²) in [7, 11) is -4.01. The molecule has 9 nitrogen and oxygen atoms in total. The van der Waals surface area contributed by atoms with Gasteiger partial charge in [-0.25, -0.2) is 18.0 Å². The van der Waals surface area contributed by atoms with E-state index in [9.17, 15) is 27.9 Å². The van der Waals surface area contributed by atoms with Gasteiger partial charge >= 0.3 is 11.9 Å². The number of β-lactam (4-membered cyclic amide) rings is 1. The molecule has 2 atom stereocenters. The second-order valence-corrected chi connectivity index (χ2v) is 8.88. The normalized spacial score (nSPS) is 27.7. The molecule has 3 rings (SSSR count). The third-order valence-corrected chi connectivity index (χ3v) is 7.32. The first-order chi connectivity index (χ1) is 11.5. The molecule has 2 fully saturated rings. The summed E-state index contributed by atoms with van der Waals surface area (Å²) in [4.78, 5) is 39.8. The molecule has 0 bridgehead atoms. The third kappa shape index (κ3) is 2.10. The first kappa shape index (κ1) is 17.1. The summed E-state index contributed by atoms with van der Waals surface area (Å²) in [6.45, 7) is 2.52. The van der Waals surface area contributed by atoms with Gasteiger partial charge < -0.3 is 15.1 Å². The van der Waals surface area contributed by atoms with Crippen LogP contribution in [0.3, 0.4) is 0 Å². The van der Waals surface area contributed by atoms with E-state index < -0.39 is 43.8 Å². The van der Waals surface area contributed by atoms with Crippen LogP contribution in [-0.2, 0) is 19.4 Å². The number of rotatable bonds is 3. The second-order valence-electron chi connectivity index (χ2n) is 6.30. The molecular formula is C15H14N2O7S. The summed E-state index contributed by atoms with van der Waals surface area (Å²) >= 11 is 0. The maximum Gasteiger partial charge on any atom is 0.337 e. The van der Waals surface area contributed by atoms with Crippen LogP contribution in [0.15, 0.2) is 23.9 Å². The summed E-state index contributed by atoms with van der Waals surface area (Å²) in [5.74, 6) is -3.44.